The van der Waals surface area contributed by atoms with E-state index in [9.17, 15) is 12.8 Å². The van der Waals surface area contributed by atoms with Gasteiger partial charge in [-0.1, -0.05) is 11.6 Å². The highest BCUT2D eigenvalue weighted by molar-refractivity contribution is 7.93. The zero-order valence-corrected chi connectivity index (χ0v) is 19.6. The summed E-state index contributed by atoms with van der Waals surface area (Å²) in [6.07, 6.45) is 7.20. The normalized spacial score (nSPS) is 21.7. The lowest BCUT2D eigenvalue weighted by atomic mass is 9.95. The average Bonchev–Trinajstić information content (AvgIpc) is 3.48. The summed E-state index contributed by atoms with van der Waals surface area (Å²) < 4.78 is 41.7. The summed E-state index contributed by atoms with van der Waals surface area (Å²) in [7, 11) is -4.10. The lowest BCUT2D eigenvalue weighted by Crippen LogP contribution is -2.45. The Kier molecular flexibility index (Phi) is 7.02. The molecule has 31 heavy (non-hydrogen) atoms. The van der Waals surface area contributed by atoms with Gasteiger partial charge in [0.15, 0.2) is 5.13 Å². The van der Waals surface area contributed by atoms with Crippen molar-refractivity contribution in [1.82, 2.24) is 15.2 Å². The van der Waals surface area contributed by atoms with Crippen molar-refractivity contribution in [3.05, 3.63) is 34.5 Å². The summed E-state index contributed by atoms with van der Waals surface area (Å²) in [5.74, 6) is -0.858. The fraction of sp³-hybridized carbons (Fsp3) is 0.550. The molecule has 170 valence electrons. The molecular formula is C20H27ClFN5O2S2. The highest BCUT2D eigenvalue weighted by Gasteiger charge is 2.42. The SMILES string of the molecule is O=S(=O)(Nc1nccs1)c1cc(Cl)c(NCCCCN2CCCC23CCNC3)cc1F. The third-order valence-electron chi connectivity index (χ3n) is 6.10. The van der Waals surface area contributed by atoms with E-state index in [1.807, 2.05) is 0 Å². The number of likely N-dealkylation sites (tertiary alicyclic amines) is 1. The Morgan fingerprint density at radius 1 is 1.32 bits per heavy atom. The quantitative estimate of drug-likeness (QED) is 0.467. The first-order valence-corrected chi connectivity index (χ1v) is 13.2. The molecule has 1 unspecified atom stereocenters. The maximum atomic E-state index is 14.6. The highest BCUT2D eigenvalue weighted by atomic mass is 35.5. The van der Waals surface area contributed by atoms with E-state index >= 15 is 0 Å². The predicted molar refractivity (Wildman–Crippen MR) is 123 cm³/mol. The lowest BCUT2D eigenvalue weighted by Gasteiger charge is -2.34. The maximum Gasteiger partial charge on any atom is 0.266 e. The molecule has 11 heteroatoms. The predicted octanol–water partition coefficient (Wildman–Crippen LogP) is 3.76. The summed E-state index contributed by atoms with van der Waals surface area (Å²) in [6, 6.07) is 2.27. The van der Waals surface area contributed by atoms with Crippen LogP contribution in [0.5, 0.6) is 0 Å². The van der Waals surface area contributed by atoms with Crippen molar-refractivity contribution in [2.75, 3.05) is 42.8 Å². The standard InChI is InChI=1S/C20H27ClFN5O2S2/c21-15-12-18(31(28,29)26-19-25-8-11-30-19)16(22)13-17(15)24-6-1-2-9-27-10-3-4-20(27)5-7-23-14-20/h8,11-13,23-24H,1-7,9-10,14H2,(H,25,26). The van der Waals surface area contributed by atoms with E-state index in [1.165, 1.54) is 25.5 Å². The summed E-state index contributed by atoms with van der Waals surface area (Å²) in [4.78, 5) is 5.98. The van der Waals surface area contributed by atoms with Crippen LogP contribution < -0.4 is 15.4 Å². The molecule has 1 spiro atoms. The van der Waals surface area contributed by atoms with Gasteiger partial charge in [-0.25, -0.2) is 17.8 Å². The number of rotatable bonds is 9. The number of thiazole rings is 1. The Morgan fingerprint density at radius 3 is 2.94 bits per heavy atom. The fourth-order valence-corrected chi connectivity index (χ4v) is 6.69. The summed E-state index contributed by atoms with van der Waals surface area (Å²) in [5.41, 5.74) is 0.749. The number of anilines is 2. The number of hydrogen-bond acceptors (Lipinski definition) is 7. The number of nitrogens with one attached hydrogen (secondary N) is 3. The molecule has 0 bridgehead atoms. The van der Waals surface area contributed by atoms with Crippen molar-refractivity contribution in [2.45, 2.75) is 42.5 Å². The monoisotopic (exact) mass is 487 g/mol. The van der Waals surface area contributed by atoms with Crippen molar-refractivity contribution in [1.29, 1.82) is 0 Å². The first kappa shape index (κ1) is 22.7. The molecule has 1 aromatic heterocycles. The van der Waals surface area contributed by atoms with Crippen LogP contribution in [0.2, 0.25) is 5.02 Å². The minimum Gasteiger partial charge on any atom is -0.384 e. The molecule has 3 N–H and O–H groups in total. The van der Waals surface area contributed by atoms with Crippen molar-refractivity contribution >= 4 is 43.8 Å². The second kappa shape index (κ2) is 9.58. The van der Waals surface area contributed by atoms with Crippen LogP contribution in [-0.4, -0.2) is 56.6 Å². The van der Waals surface area contributed by atoms with Crippen molar-refractivity contribution < 1.29 is 12.8 Å². The molecule has 2 aromatic rings. The number of benzene rings is 1. The van der Waals surface area contributed by atoms with Crippen molar-refractivity contribution in [3.63, 3.8) is 0 Å². The van der Waals surface area contributed by atoms with Gasteiger partial charge in [-0.05, 0) is 63.9 Å². The van der Waals surface area contributed by atoms with Crippen LogP contribution in [0.4, 0.5) is 15.2 Å². The molecule has 0 aliphatic carbocycles. The van der Waals surface area contributed by atoms with Gasteiger partial charge in [0.2, 0.25) is 0 Å². The van der Waals surface area contributed by atoms with Crippen LogP contribution in [0.3, 0.4) is 0 Å². The summed E-state index contributed by atoms with van der Waals surface area (Å²) in [5, 5.41) is 8.59. The van der Waals surface area contributed by atoms with Crippen molar-refractivity contribution in [3.8, 4) is 0 Å². The minimum absolute atomic E-state index is 0.163. The number of halogens is 2. The molecule has 0 amide bonds. The molecular weight excluding hydrogens is 461 g/mol. The van der Waals surface area contributed by atoms with Gasteiger partial charge in [0.1, 0.15) is 10.7 Å². The van der Waals surface area contributed by atoms with Crippen LogP contribution in [0.15, 0.2) is 28.6 Å². The molecule has 2 aliphatic heterocycles. The van der Waals surface area contributed by atoms with E-state index in [4.69, 9.17) is 11.6 Å². The summed E-state index contributed by atoms with van der Waals surface area (Å²) >= 11 is 7.35. The van der Waals surface area contributed by atoms with Gasteiger partial charge in [-0.2, -0.15) is 0 Å². The Labute approximate surface area is 191 Å². The van der Waals surface area contributed by atoms with E-state index in [0.717, 1.165) is 62.5 Å². The highest BCUT2D eigenvalue weighted by Crippen LogP contribution is 2.34. The molecule has 0 saturated carbocycles. The third-order valence-corrected chi connectivity index (χ3v) is 8.58. The Hall–Kier alpha value is -1.46. The van der Waals surface area contributed by atoms with Gasteiger partial charge >= 0.3 is 0 Å². The molecule has 4 rings (SSSR count). The smallest absolute Gasteiger partial charge is 0.266 e. The molecule has 2 saturated heterocycles. The van der Waals surface area contributed by atoms with Gasteiger partial charge in [0, 0.05) is 30.2 Å². The first-order valence-electron chi connectivity index (χ1n) is 10.5. The first-order chi connectivity index (χ1) is 14.9. The van der Waals surface area contributed by atoms with E-state index < -0.39 is 20.7 Å². The van der Waals surface area contributed by atoms with E-state index in [-0.39, 0.29) is 10.2 Å². The van der Waals surface area contributed by atoms with E-state index in [2.05, 4.69) is 25.2 Å². The van der Waals surface area contributed by atoms with Crippen LogP contribution in [0.1, 0.15) is 32.1 Å². The second-order valence-electron chi connectivity index (χ2n) is 8.08. The van der Waals surface area contributed by atoms with E-state index in [0.29, 0.717) is 17.8 Å². The lowest BCUT2D eigenvalue weighted by molar-refractivity contribution is 0.154. The van der Waals surface area contributed by atoms with Gasteiger partial charge in [0.25, 0.3) is 10.0 Å². The van der Waals surface area contributed by atoms with Crippen LogP contribution in [-0.2, 0) is 10.0 Å². The molecule has 3 heterocycles. The summed E-state index contributed by atoms with van der Waals surface area (Å²) in [6.45, 7) is 5.06. The van der Waals surface area contributed by atoms with Crippen LogP contribution in [0.25, 0.3) is 0 Å². The number of sulfonamides is 1. The van der Waals surface area contributed by atoms with Gasteiger partial charge in [-0.3, -0.25) is 9.62 Å². The molecule has 7 nitrogen and oxygen atoms in total. The maximum absolute atomic E-state index is 14.6. The Bertz CT molecular complexity index is 992. The largest absolute Gasteiger partial charge is 0.384 e. The Balaban J connectivity index is 1.30. The molecule has 0 radical (unpaired) electrons. The minimum atomic E-state index is -4.10. The number of aromatic nitrogens is 1. The number of unbranched alkanes of at least 4 members (excludes halogenated alkanes) is 1. The number of hydrogen-bond donors (Lipinski definition) is 3. The molecule has 1 atom stereocenters. The topological polar surface area (TPSA) is 86.4 Å². The second-order valence-corrected chi connectivity index (χ2v) is 11.0. The molecule has 2 fully saturated rings. The average molecular weight is 488 g/mol. The fourth-order valence-electron chi connectivity index (χ4n) is 4.52. The van der Waals surface area contributed by atoms with Crippen molar-refractivity contribution in [2.24, 2.45) is 0 Å². The molecule has 2 aliphatic rings. The molecule has 1 aromatic carbocycles. The van der Waals surface area contributed by atoms with Gasteiger partial charge in [-0.15, -0.1) is 11.3 Å². The number of nitrogens with zero attached hydrogens (tertiary/aromatic N) is 2. The van der Waals surface area contributed by atoms with Gasteiger partial charge in [0.05, 0.1) is 10.7 Å². The van der Waals surface area contributed by atoms with Crippen LogP contribution >= 0.6 is 22.9 Å². The Morgan fingerprint density at radius 2 is 2.19 bits per heavy atom. The third kappa shape index (κ3) is 5.14. The van der Waals surface area contributed by atoms with Gasteiger partial charge < -0.3 is 10.6 Å². The zero-order chi connectivity index (χ0) is 21.9. The zero-order valence-electron chi connectivity index (χ0n) is 17.2. The van der Waals surface area contributed by atoms with E-state index in [1.54, 1.807) is 5.38 Å². The van der Waals surface area contributed by atoms with Crippen LogP contribution in [0, 0.1) is 5.82 Å².